The molecule has 0 spiro atoms. The molecule has 1 saturated heterocycles. The van der Waals surface area contributed by atoms with Crippen LogP contribution in [0.2, 0.25) is 0 Å². The maximum atomic E-state index is 12.9. The summed E-state index contributed by atoms with van der Waals surface area (Å²) < 4.78 is 18.4. The Balaban J connectivity index is 1.17. The average Bonchev–Trinajstić information content (AvgIpc) is 3.27. The van der Waals surface area contributed by atoms with Crippen molar-refractivity contribution in [1.29, 1.82) is 0 Å². The van der Waals surface area contributed by atoms with Crippen molar-refractivity contribution in [3.05, 3.63) is 71.4 Å². The minimum absolute atomic E-state index is 0.0443. The second kappa shape index (κ2) is 10.5. The molecule has 4 rings (SSSR count). The standard InChI is InChI=1S/C25H29FN4O2/c1-18-4-8-20(9-5-18)24-28-23(32-29-24)17-30-15-12-21(13-16-30)25(31)27-14-2-3-19-6-10-22(26)11-7-19/h4-11,21H,2-3,12-17H2,1H3,(H,27,31). The van der Waals surface area contributed by atoms with Crippen LogP contribution in [-0.4, -0.2) is 40.6 Å². The summed E-state index contributed by atoms with van der Waals surface area (Å²) in [5.41, 5.74) is 3.22. The smallest absolute Gasteiger partial charge is 0.241 e. The number of carbonyl (C=O) groups is 1. The van der Waals surface area contributed by atoms with Crippen molar-refractivity contribution in [2.24, 2.45) is 5.92 Å². The first kappa shape index (κ1) is 22.1. The van der Waals surface area contributed by atoms with E-state index >= 15 is 0 Å². The maximum Gasteiger partial charge on any atom is 0.241 e. The molecule has 0 atom stereocenters. The zero-order valence-corrected chi connectivity index (χ0v) is 18.4. The Bertz CT molecular complexity index is 1010. The molecular formula is C25H29FN4O2. The van der Waals surface area contributed by atoms with Crippen LogP contribution in [0.25, 0.3) is 11.4 Å². The lowest BCUT2D eigenvalue weighted by atomic mass is 9.96. The fourth-order valence-electron chi connectivity index (χ4n) is 3.98. The highest BCUT2D eigenvalue weighted by Gasteiger charge is 2.25. The van der Waals surface area contributed by atoms with E-state index in [1.807, 2.05) is 31.2 Å². The van der Waals surface area contributed by atoms with Crippen LogP contribution in [0.1, 0.15) is 36.3 Å². The van der Waals surface area contributed by atoms with Gasteiger partial charge in [-0.25, -0.2) is 4.39 Å². The molecule has 1 aromatic heterocycles. The van der Waals surface area contributed by atoms with Crippen molar-refractivity contribution in [2.75, 3.05) is 19.6 Å². The Morgan fingerprint density at radius 1 is 1.12 bits per heavy atom. The van der Waals surface area contributed by atoms with E-state index in [0.29, 0.717) is 24.8 Å². The Labute approximate surface area is 187 Å². The minimum atomic E-state index is -0.223. The van der Waals surface area contributed by atoms with Crippen molar-refractivity contribution >= 4 is 5.91 Å². The molecule has 2 heterocycles. The lowest BCUT2D eigenvalue weighted by Crippen LogP contribution is -2.40. The first-order valence-electron chi connectivity index (χ1n) is 11.2. The van der Waals surface area contributed by atoms with E-state index in [9.17, 15) is 9.18 Å². The first-order valence-corrected chi connectivity index (χ1v) is 11.2. The summed E-state index contributed by atoms with van der Waals surface area (Å²) in [6.45, 7) is 4.94. The number of halogens is 1. The van der Waals surface area contributed by atoms with E-state index in [2.05, 4.69) is 20.4 Å². The number of rotatable bonds is 8. The van der Waals surface area contributed by atoms with E-state index in [1.54, 1.807) is 12.1 Å². The number of amides is 1. The average molecular weight is 437 g/mol. The van der Waals surface area contributed by atoms with E-state index in [0.717, 1.165) is 49.9 Å². The number of nitrogens with one attached hydrogen (secondary N) is 1. The number of likely N-dealkylation sites (tertiary alicyclic amines) is 1. The number of aromatic nitrogens is 2. The Kier molecular flexibility index (Phi) is 7.27. The molecule has 0 bridgehead atoms. The number of carbonyl (C=O) groups excluding carboxylic acids is 1. The second-order valence-electron chi connectivity index (χ2n) is 8.45. The van der Waals surface area contributed by atoms with E-state index in [1.165, 1.54) is 17.7 Å². The van der Waals surface area contributed by atoms with Crippen molar-refractivity contribution in [3.8, 4) is 11.4 Å². The summed E-state index contributed by atoms with van der Waals surface area (Å²) >= 11 is 0. The van der Waals surface area contributed by atoms with Gasteiger partial charge in [-0.3, -0.25) is 9.69 Å². The largest absolute Gasteiger partial charge is 0.356 e. The molecule has 0 unspecified atom stereocenters. The van der Waals surface area contributed by atoms with Gasteiger partial charge in [0.25, 0.3) is 0 Å². The fraction of sp³-hybridized carbons (Fsp3) is 0.400. The van der Waals surface area contributed by atoms with Crippen molar-refractivity contribution in [2.45, 2.75) is 39.2 Å². The Hall–Kier alpha value is -3.06. The van der Waals surface area contributed by atoms with Gasteiger partial charge in [0.2, 0.25) is 17.6 Å². The van der Waals surface area contributed by atoms with Gasteiger partial charge in [-0.05, 0) is 63.4 Å². The third kappa shape index (κ3) is 6.01. The summed E-state index contributed by atoms with van der Waals surface area (Å²) in [4.78, 5) is 19.3. The number of aryl methyl sites for hydroxylation is 2. The third-order valence-corrected chi connectivity index (χ3v) is 5.95. The van der Waals surface area contributed by atoms with E-state index in [4.69, 9.17) is 4.52 Å². The summed E-state index contributed by atoms with van der Waals surface area (Å²) in [5, 5.41) is 7.15. The van der Waals surface area contributed by atoms with Gasteiger partial charge < -0.3 is 9.84 Å². The van der Waals surface area contributed by atoms with E-state index < -0.39 is 0 Å². The fourth-order valence-corrected chi connectivity index (χ4v) is 3.98. The van der Waals surface area contributed by atoms with Gasteiger partial charge in [-0.1, -0.05) is 47.1 Å². The SMILES string of the molecule is Cc1ccc(-c2noc(CN3CCC(C(=O)NCCCc4ccc(F)cc4)CC3)n2)cc1. The third-order valence-electron chi connectivity index (χ3n) is 5.95. The normalized spacial score (nSPS) is 15.1. The molecule has 6 nitrogen and oxygen atoms in total. The van der Waals surface area contributed by atoms with Crippen molar-refractivity contribution in [3.63, 3.8) is 0 Å². The molecule has 7 heteroatoms. The van der Waals surface area contributed by atoms with E-state index in [-0.39, 0.29) is 17.6 Å². The molecular weight excluding hydrogens is 407 g/mol. The van der Waals surface area contributed by atoms with Crippen molar-refractivity contribution < 1.29 is 13.7 Å². The summed E-state index contributed by atoms with van der Waals surface area (Å²) in [7, 11) is 0. The number of piperidine rings is 1. The predicted molar refractivity (Wildman–Crippen MR) is 120 cm³/mol. The number of hydrogen-bond donors (Lipinski definition) is 1. The monoisotopic (exact) mass is 436 g/mol. The molecule has 1 aliphatic heterocycles. The topological polar surface area (TPSA) is 71.3 Å². The molecule has 0 radical (unpaired) electrons. The zero-order chi connectivity index (χ0) is 22.3. The molecule has 1 fully saturated rings. The second-order valence-corrected chi connectivity index (χ2v) is 8.45. The van der Waals surface area contributed by atoms with Gasteiger partial charge >= 0.3 is 0 Å². The van der Waals surface area contributed by atoms with Gasteiger partial charge in [0.1, 0.15) is 5.82 Å². The maximum absolute atomic E-state index is 12.9. The van der Waals surface area contributed by atoms with Crippen LogP contribution in [0, 0.1) is 18.7 Å². The first-order chi connectivity index (χ1) is 15.6. The number of benzene rings is 2. The van der Waals surface area contributed by atoms with Crippen molar-refractivity contribution in [1.82, 2.24) is 20.4 Å². The Morgan fingerprint density at radius 2 is 1.84 bits per heavy atom. The van der Waals surface area contributed by atoms with Crippen LogP contribution in [0.15, 0.2) is 53.1 Å². The van der Waals surface area contributed by atoms with Crippen LogP contribution in [0.4, 0.5) is 4.39 Å². The quantitative estimate of drug-likeness (QED) is 0.537. The highest BCUT2D eigenvalue weighted by atomic mass is 19.1. The number of nitrogens with zero attached hydrogens (tertiary/aromatic N) is 3. The summed E-state index contributed by atoms with van der Waals surface area (Å²) in [6, 6.07) is 14.6. The molecule has 32 heavy (non-hydrogen) atoms. The zero-order valence-electron chi connectivity index (χ0n) is 18.4. The van der Waals surface area contributed by atoms with Crippen LogP contribution in [0.5, 0.6) is 0 Å². The highest BCUT2D eigenvalue weighted by molar-refractivity contribution is 5.78. The summed E-state index contributed by atoms with van der Waals surface area (Å²) in [6.07, 6.45) is 3.32. The predicted octanol–water partition coefficient (Wildman–Crippen LogP) is 4.15. The lowest BCUT2D eigenvalue weighted by Gasteiger charge is -2.30. The van der Waals surface area contributed by atoms with Crippen LogP contribution in [-0.2, 0) is 17.8 Å². The van der Waals surface area contributed by atoms with Crippen LogP contribution >= 0.6 is 0 Å². The molecule has 3 aromatic rings. The van der Waals surface area contributed by atoms with Gasteiger partial charge in [0.15, 0.2) is 0 Å². The van der Waals surface area contributed by atoms with Crippen LogP contribution < -0.4 is 5.32 Å². The number of hydrogen-bond acceptors (Lipinski definition) is 5. The molecule has 168 valence electrons. The van der Waals surface area contributed by atoms with Gasteiger partial charge in [-0.15, -0.1) is 0 Å². The molecule has 0 aliphatic carbocycles. The minimum Gasteiger partial charge on any atom is -0.356 e. The lowest BCUT2D eigenvalue weighted by molar-refractivity contribution is -0.126. The molecule has 1 N–H and O–H groups in total. The van der Waals surface area contributed by atoms with Gasteiger partial charge in [0, 0.05) is 18.0 Å². The van der Waals surface area contributed by atoms with Gasteiger partial charge in [0.05, 0.1) is 6.54 Å². The molecule has 2 aromatic carbocycles. The Morgan fingerprint density at radius 3 is 2.56 bits per heavy atom. The molecule has 0 saturated carbocycles. The molecule has 1 amide bonds. The van der Waals surface area contributed by atoms with Crippen LogP contribution in [0.3, 0.4) is 0 Å². The molecule has 1 aliphatic rings. The van der Waals surface area contributed by atoms with Gasteiger partial charge in [-0.2, -0.15) is 4.98 Å². The highest BCUT2D eigenvalue weighted by Crippen LogP contribution is 2.21. The summed E-state index contributed by atoms with van der Waals surface area (Å²) in [5.74, 6) is 1.16.